The van der Waals surface area contributed by atoms with Crippen LogP contribution in [0, 0.1) is 0 Å². The van der Waals surface area contributed by atoms with Crippen molar-refractivity contribution < 1.29 is 14.3 Å². The summed E-state index contributed by atoms with van der Waals surface area (Å²) in [5, 5.41) is 6.41. The molecule has 10 heteroatoms. The number of hydrogen-bond donors (Lipinski definition) is 3. The highest BCUT2D eigenvalue weighted by atomic mass is 16.5. The molecule has 2 aromatic carbocycles. The van der Waals surface area contributed by atoms with E-state index >= 15 is 0 Å². The van der Waals surface area contributed by atoms with E-state index in [0.717, 1.165) is 56.8 Å². The van der Waals surface area contributed by atoms with E-state index in [9.17, 15) is 9.59 Å². The van der Waals surface area contributed by atoms with Crippen molar-refractivity contribution in [1.82, 2.24) is 20.2 Å². The summed E-state index contributed by atoms with van der Waals surface area (Å²) in [5.74, 6) is 1.66. The van der Waals surface area contributed by atoms with E-state index in [0.29, 0.717) is 29.7 Å². The zero-order valence-corrected chi connectivity index (χ0v) is 24.1. The van der Waals surface area contributed by atoms with Gasteiger partial charge in [0.1, 0.15) is 17.7 Å². The number of likely N-dealkylation sites (tertiary alicyclic amines) is 1. The van der Waals surface area contributed by atoms with Gasteiger partial charge in [-0.3, -0.25) is 9.59 Å². The Morgan fingerprint density at radius 2 is 1.71 bits per heavy atom. The number of likely N-dealkylation sites (N-methyl/N-ethyl adjacent to an activating group) is 1. The molecule has 3 aliphatic rings. The largest absolute Gasteiger partial charge is 0.489 e. The third-order valence-corrected chi connectivity index (χ3v) is 8.30. The van der Waals surface area contributed by atoms with E-state index in [2.05, 4.69) is 44.6 Å². The fourth-order valence-electron chi connectivity index (χ4n) is 5.86. The van der Waals surface area contributed by atoms with E-state index in [-0.39, 0.29) is 23.7 Å². The number of carbonyl (C=O) groups excluding carboxylic acids is 2. The predicted octanol–water partition coefficient (Wildman–Crippen LogP) is 4.07. The van der Waals surface area contributed by atoms with Gasteiger partial charge in [-0.1, -0.05) is 12.1 Å². The molecule has 1 aromatic heterocycles. The van der Waals surface area contributed by atoms with Crippen LogP contribution < -0.4 is 26.0 Å². The monoisotopic (exact) mass is 569 g/mol. The maximum atomic E-state index is 12.9. The Morgan fingerprint density at radius 3 is 2.43 bits per heavy atom. The molecule has 3 aromatic rings. The van der Waals surface area contributed by atoms with Gasteiger partial charge in [0, 0.05) is 36.9 Å². The number of piperidine rings is 2. The maximum absolute atomic E-state index is 12.9. The summed E-state index contributed by atoms with van der Waals surface area (Å²) in [6, 6.07) is 15.6. The molecule has 2 amide bonds. The third kappa shape index (κ3) is 6.82. The highest BCUT2D eigenvalue weighted by Gasteiger charge is 2.26. The van der Waals surface area contributed by atoms with Crippen molar-refractivity contribution in [2.45, 2.75) is 56.6 Å². The first kappa shape index (κ1) is 28.0. The minimum atomic E-state index is -0.658. The molecule has 42 heavy (non-hydrogen) atoms. The Bertz CT molecular complexity index is 1410. The number of nitrogens with zero attached hydrogens (tertiary/aromatic N) is 4. The van der Waals surface area contributed by atoms with Crippen LogP contribution in [0.15, 0.2) is 54.7 Å². The van der Waals surface area contributed by atoms with Crippen molar-refractivity contribution in [3.8, 4) is 5.75 Å². The number of amides is 2. The maximum Gasteiger partial charge on any atom is 0.271 e. The molecule has 0 bridgehead atoms. The number of nitrogens with two attached hydrogens (primary N) is 1. The summed E-state index contributed by atoms with van der Waals surface area (Å²) in [6.07, 6.45) is 8.18. The number of carbonyl (C=O) groups is 2. The summed E-state index contributed by atoms with van der Waals surface area (Å²) in [4.78, 5) is 38.6. The molecule has 4 N–H and O–H groups in total. The molecule has 1 unspecified atom stereocenters. The van der Waals surface area contributed by atoms with E-state index in [1.54, 1.807) is 6.20 Å². The molecule has 1 aliphatic carbocycles. The first-order valence-electron chi connectivity index (χ1n) is 15.0. The number of benzene rings is 2. The number of ether oxygens (including phenoxy) is 1. The summed E-state index contributed by atoms with van der Waals surface area (Å²) in [7, 11) is 2.11. The Morgan fingerprint density at radius 1 is 0.952 bits per heavy atom. The highest BCUT2D eigenvalue weighted by molar-refractivity contribution is 5.96. The van der Waals surface area contributed by atoms with Crippen LogP contribution in [0.25, 0.3) is 0 Å². The van der Waals surface area contributed by atoms with Crippen LogP contribution in [0.5, 0.6) is 5.75 Å². The quantitative estimate of drug-likeness (QED) is 0.352. The Labute approximate surface area is 246 Å². The third-order valence-electron chi connectivity index (χ3n) is 8.30. The van der Waals surface area contributed by atoms with E-state index < -0.39 is 5.91 Å². The number of primary amides is 1. The zero-order chi connectivity index (χ0) is 29.1. The van der Waals surface area contributed by atoms with Gasteiger partial charge in [-0.15, -0.1) is 0 Å². The van der Waals surface area contributed by atoms with Crippen molar-refractivity contribution in [1.29, 1.82) is 0 Å². The molecule has 3 heterocycles. The van der Waals surface area contributed by atoms with Crippen LogP contribution in [0.4, 0.5) is 17.3 Å². The second-order valence-corrected chi connectivity index (χ2v) is 11.7. The lowest BCUT2D eigenvalue weighted by molar-refractivity contribution is 0.0931. The lowest BCUT2D eigenvalue weighted by Gasteiger charge is -2.34. The Balaban J connectivity index is 1.10. The molecule has 0 radical (unpaired) electrons. The summed E-state index contributed by atoms with van der Waals surface area (Å²) < 4.78 is 6.17. The lowest BCUT2D eigenvalue weighted by Crippen LogP contribution is -2.48. The first-order valence-corrected chi connectivity index (χ1v) is 15.0. The van der Waals surface area contributed by atoms with Crippen molar-refractivity contribution in [3.63, 3.8) is 0 Å². The molecule has 3 fully saturated rings. The van der Waals surface area contributed by atoms with E-state index in [4.69, 9.17) is 15.5 Å². The van der Waals surface area contributed by atoms with Crippen molar-refractivity contribution >= 4 is 29.1 Å². The minimum absolute atomic E-state index is 0.0279. The van der Waals surface area contributed by atoms with Gasteiger partial charge in [0.25, 0.3) is 11.8 Å². The average Bonchev–Trinajstić information content (AvgIpc) is 3.84. The minimum Gasteiger partial charge on any atom is -0.489 e. The summed E-state index contributed by atoms with van der Waals surface area (Å²) in [5.41, 5.74) is 8.44. The van der Waals surface area contributed by atoms with E-state index in [1.165, 1.54) is 18.4 Å². The van der Waals surface area contributed by atoms with Gasteiger partial charge in [-0.05, 0) is 100.0 Å². The standard InChI is InChI=1S/C32H39N7O3/c1-38-16-3-5-27(20-38)42-26-14-12-24(13-15-26)35-31-29(30(33)40)34-18-28(37-31)39-17-2-4-25(19-39)36-32(41)23-10-8-22(9-11-23)21-6-7-21/h8-15,18,21,25,27H,2-7,16-17,19-20H2,1H3,(H2,33,40)(H,35,37)(H,36,41)/t25-,27?/m1/s1. The van der Waals surface area contributed by atoms with Crippen LogP contribution in [-0.4, -0.2) is 72.1 Å². The van der Waals surface area contributed by atoms with Gasteiger partial charge < -0.3 is 30.9 Å². The first-order chi connectivity index (χ1) is 20.4. The normalized spacial score (nSPS) is 21.0. The average molecular weight is 570 g/mol. The van der Waals surface area contributed by atoms with Crippen LogP contribution in [0.1, 0.15) is 70.9 Å². The van der Waals surface area contributed by atoms with Gasteiger partial charge in [-0.2, -0.15) is 0 Å². The Hall–Kier alpha value is -4.18. The molecule has 0 spiro atoms. The number of anilines is 3. The highest BCUT2D eigenvalue weighted by Crippen LogP contribution is 2.39. The Kier molecular flexibility index (Phi) is 8.23. The fraction of sp³-hybridized carbons (Fsp3) is 0.438. The number of hydrogen-bond acceptors (Lipinski definition) is 8. The van der Waals surface area contributed by atoms with Crippen LogP contribution >= 0.6 is 0 Å². The molecule has 1 saturated carbocycles. The van der Waals surface area contributed by atoms with Gasteiger partial charge in [0.05, 0.1) is 6.20 Å². The van der Waals surface area contributed by atoms with Crippen molar-refractivity contribution in [3.05, 3.63) is 71.5 Å². The number of aromatic nitrogens is 2. The molecule has 2 aliphatic heterocycles. The predicted molar refractivity (Wildman–Crippen MR) is 163 cm³/mol. The second kappa shape index (κ2) is 12.4. The second-order valence-electron chi connectivity index (χ2n) is 11.7. The molecule has 2 atom stereocenters. The number of nitrogens with one attached hydrogen (secondary N) is 2. The molecular weight excluding hydrogens is 530 g/mol. The van der Waals surface area contributed by atoms with Gasteiger partial charge >= 0.3 is 0 Å². The zero-order valence-electron chi connectivity index (χ0n) is 24.1. The smallest absolute Gasteiger partial charge is 0.271 e. The van der Waals surface area contributed by atoms with Gasteiger partial charge in [0.15, 0.2) is 11.5 Å². The molecule has 6 rings (SSSR count). The fourth-order valence-corrected chi connectivity index (χ4v) is 5.86. The topological polar surface area (TPSA) is 126 Å². The lowest BCUT2D eigenvalue weighted by atomic mass is 10.0. The SMILES string of the molecule is CN1CCCC(Oc2ccc(Nc3nc(N4CCC[C@@H](NC(=O)c5ccc(C6CC6)cc5)C4)cnc3C(N)=O)cc2)C1. The summed E-state index contributed by atoms with van der Waals surface area (Å²) in [6.45, 7) is 3.39. The number of rotatable bonds is 9. The van der Waals surface area contributed by atoms with Gasteiger partial charge in [-0.25, -0.2) is 9.97 Å². The molecule has 2 saturated heterocycles. The van der Waals surface area contributed by atoms with Crippen molar-refractivity contribution in [2.24, 2.45) is 5.73 Å². The van der Waals surface area contributed by atoms with Crippen LogP contribution in [-0.2, 0) is 0 Å². The molecule has 220 valence electrons. The summed E-state index contributed by atoms with van der Waals surface area (Å²) >= 11 is 0. The van der Waals surface area contributed by atoms with Gasteiger partial charge in [0.2, 0.25) is 0 Å². The van der Waals surface area contributed by atoms with Crippen LogP contribution in [0.2, 0.25) is 0 Å². The molecular formula is C32H39N7O3. The van der Waals surface area contributed by atoms with Crippen molar-refractivity contribution in [2.75, 3.05) is 43.4 Å². The molecule has 10 nitrogen and oxygen atoms in total. The van der Waals surface area contributed by atoms with E-state index in [1.807, 2.05) is 36.4 Å². The van der Waals surface area contributed by atoms with Crippen LogP contribution in [0.3, 0.4) is 0 Å².